The molecule has 43 heavy (non-hydrogen) atoms. The van der Waals surface area contributed by atoms with Gasteiger partial charge in [0.05, 0.1) is 45.8 Å². The van der Waals surface area contributed by atoms with Crippen LogP contribution in [-0.2, 0) is 42.2 Å². The summed E-state index contributed by atoms with van der Waals surface area (Å²) in [6.45, 7) is 5.78. The predicted molar refractivity (Wildman–Crippen MR) is 164 cm³/mol. The monoisotopic (exact) mass is 646 g/mol. The highest BCUT2D eigenvalue weighted by atomic mass is 35.5. The maximum atomic E-state index is 13.8. The normalized spacial score (nSPS) is 14.8. The van der Waals surface area contributed by atoms with Crippen molar-refractivity contribution < 1.29 is 31.9 Å². The molecule has 2 aromatic carbocycles. The molecule has 0 radical (unpaired) electrons. The number of esters is 1. The molecule has 0 saturated heterocycles. The highest BCUT2D eigenvalue weighted by Gasteiger charge is 2.37. The molecule has 3 aromatic rings. The molecule has 1 aliphatic heterocycles. The van der Waals surface area contributed by atoms with Gasteiger partial charge in [0.15, 0.2) is 0 Å². The molecule has 0 N–H and O–H groups in total. The Hall–Kier alpha value is -3.41. The summed E-state index contributed by atoms with van der Waals surface area (Å²) in [4.78, 5) is 27.7. The Labute approximate surface area is 261 Å². The zero-order valence-corrected chi connectivity index (χ0v) is 26.6. The van der Waals surface area contributed by atoms with E-state index in [1.807, 2.05) is 6.92 Å². The predicted octanol–water partition coefficient (Wildman–Crippen LogP) is 6.00. The van der Waals surface area contributed by atoms with Crippen LogP contribution in [0.25, 0.3) is 6.08 Å². The van der Waals surface area contributed by atoms with Gasteiger partial charge >= 0.3 is 5.97 Å². The van der Waals surface area contributed by atoms with Gasteiger partial charge in [-0.05, 0) is 68.8 Å². The van der Waals surface area contributed by atoms with Crippen LogP contribution in [0.5, 0.6) is 0 Å². The number of rotatable bonds is 12. The third-order valence-electron chi connectivity index (χ3n) is 6.81. The zero-order chi connectivity index (χ0) is 31.3. The first-order valence-electron chi connectivity index (χ1n) is 13.5. The molecule has 0 bridgehead atoms. The minimum absolute atomic E-state index is 0.00783. The lowest BCUT2D eigenvalue weighted by molar-refractivity contribution is -0.138. The van der Waals surface area contributed by atoms with Crippen molar-refractivity contribution in [3.8, 4) is 0 Å². The van der Waals surface area contributed by atoms with Crippen LogP contribution in [-0.4, -0.2) is 56.4 Å². The van der Waals surface area contributed by atoms with E-state index in [0.717, 1.165) is 5.56 Å². The summed E-state index contributed by atoms with van der Waals surface area (Å²) >= 11 is 12.3. The van der Waals surface area contributed by atoms with Crippen molar-refractivity contribution in [3.05, 3.63) is 104 Å². The lowest BCUT2D eigenvalue weighted by Gasteiger charge is -2.22. The second-order valence-electron chi connectivity index (χ2n) is 9.83. The number of hydrogen-bond acceptors (Lipinski definition) is 7. The Kier molecular flexibility index (Phi) is 10.5. The Bertz CT molecular complexity index is 1680. The molecule has 0 spiro atoms. The molecule has 1 aromatic heterocycles. The van der Waals surface area contributed by atoms with Gasteiger partial charge in [0, 0.05) is 25.9 Å². The zero-order valence-electron chi connectivity index (χ0n) is 24.2. The number of allylic oxidation sites excluding steroid dienone is 1. The first-order valence-corrected chi connectivity index (χ1v) is 15.7. The van der Waals surface area contributed by atoms with E-state index >= 15 is 0 Å². The van der Waals surface area contributed by atoms with E-state index in [-0.39, 0.29) is 54.6 Å². The number of methoxy groups -OCH3 is 1. The molecular formula is C31H32Cl2N2O7S. The van der Waals surface area contributed by atoms with Crippen LogP contribution in [0, 0.1) is 6.92 Å². The molecular weight excluding hydrogens is 615 g/mol. The first kappa shape index (κ1) is 32.5. The van der Waals surface area contributed by atoms with Crippen LogP contribution in [0.3, 0.4) is 0 Å². The van der Waals surface area contributed by atoms with E-state index in [0.29, 0.717) is 27.1 Å². The number of aryl methyl sites for hydroxylation is 1. The standard InChI is InChI=1S/C31H32Cl2N2O7S/c1-5-41-31(37)29-21(3)35(14-15-40-4)30(36)26(29)17-23-9-10-24(42-23)19-34(18-22-8-13-27(32)28(33)16-22)43(38,39)25-11-6-20(2)7-12-25/h6-13,16-17H,5,14-15,18-19H2,1-4H3/b26-17+. The van der Waals surface area contributed by atoms with E-state index in [4.69, 9.17) is 37.1 Å². The molecule has 12 heteroatoms. The van der Waals surface area contributed by atoms with E-state index in [9.17, 15) is 18.0 Å². The number of carbonyl (C=O) groups excluding carboxylic acids is 2. The number of ether oxygens (including phenoxy) is 2. The Morgan fingerprint density at radius 1 is 1.02 bits per heavy atom. The summed E-state index contributed by atoms with van der Waals surface area (Å²) in [5.74, 6) is -0.423. The van der Waals surface area contributed by atoms with Gasteiger partial charge in [-0.25, -0.2) is 13.2 Å². The van der Waals surface area contributed by atoms with Crippen molar-refractivity contribution >= 4 is 51.2 Å². The highest BCUT2D eigenvalue weighted by Crippen LogP contribution is 2.32. The molecule has 0 aliphatic carbocycles. The van der Waals surface area contributed by atoms with Crippen molar-refractivity contribution in [2.75, 3.05) is 26.9 Å². The number of benzene rings is 2. The van der Waals surface area contributed by atoms with Gasteiger partial charge in [-0.3, -0.25) is 4.79 Å². The quantitative estimate of drug-likeness (QED) is 0.176. The summed E-state index contributed by atoms with van der Waals surface area (Å²) in [5.41, 5.74) is 2.27. The fourth-order valence-corrected chi connectivity index (χ4v) is 6.30. The number of hydrogen-bond donors (Lipinski definition) is 0. The fourth-order valence-electron chi connectivity index (χ4n) is 4.58. The highest BCUT2D eigenvalue weighted by molar-refractivity contribution is 7.89. The van der Waals surface area contributed by atoms with Gasteiger partial charge in [-0.15, -0.1) is 0 Å². The van der Waals surface area contributed by atoms with Gasteiger partial charge in [0.1, 0.15) is 11.5 Å². The van der Waals surface area contributed by atoms with Crippen molar-refractivity contribution in [1.82, 2.24) is 9.21 Å². The SMILES string of the molecule is CCOC(=O)C1=C(C)N(CCOC)C(=O)/C1=C/c1ccc(CN(Cc2ccc(Cl)c(Cl)c2)S(=O)(=O)c2ccc(C)cc2)o1. The maximum Gasteiger partial charge on any atom is 0.340 e. The molecule has 0 unspecified atom stereocenters. The van der Waals surface area contributed by atoms with Crippen molar-refractivity contribution in [1.29, 1.82) is 0 Å². The third kappa shape index (κ3) is 7.39. The van der Waals surface area contributed by atoms with E-state index in [1.165, 1.54) is 22.4 Å². The Morgan fingerprint density at radius 3 is 2.40 bits per heavy atom. The average molecular weight is 648 g/mol. The van der Waals surface area contributed by atoms with Crippen LogP contribution in [0.1, 0.15) is 36.5 Å². The molecule has 0 atom stereocenters. The molecule has 228 valence electrons. The minimum atomic E-state index is -3.97. The van der Waals surface area contributed by atoms with Crippen LogP contribution in [0.4, 0.5) is 0 Å². The van der Waals surface area contributed by atoms with Gasteiger partial charge in [0.2, 0.25) is 10.0 Å². The number of halogens is 2. The summed E-state index contributed by atoms with van der Waals surface area (Å²) in [6, 6.07) is 14.7. The Morgan fingerprint density at radius 2 is 1.74 bits per heavy atom. The molecule has 4 rings (SSSR count). The van der Waals surface area contributed by atoms with Crippen LogP contribution in [0.15, 0.2) is 80.8 Å². The molecule has 1 aliphatic rings. The van der Waals surface area contributed by atoms with Crippen LogP contribution >= 0.6 is 23.2 Å². The Balaban J connectivity index is 1.68. The first-order chi connectivity index (χ1) is 20.5. The number of nitrogens with zero attached hydrogens (tertiary/aromatic N) is 2. The van der Waals surface area contributed by atoms with Crippen molar-refractivity contribution in [3.63, 3.8) is 0 Å². The van der Waals surface area contributed by atoms with Crippen LogP contribution in [0.2, 0.25) is 10.0 Å². The summed E-state index contributed by atoms with van der Waals surface area (Å²) in [5, 5.41) is 0.663. The van der Waals surface area contributed by atoms with Crippen molar-refractivity contribution in [2.24, 2.45) is 0 Å². The van der Waals surface area contributed by atoms with Gasteiger partial charge in [0.25, 0.3) is 5.91 Å². The molecule has 0 saturated carbocycles. The van der Waals surface area contributed by atoms with Gasteiger partial charge < -0.3 is 18.8 Å². The molecule has 0 fully saturated rings. The fraction of sp³-hybridized carbons (Fsp3) is 0.290. The summed E-state index contributed by atoms with van der Waals surface area (Å²) in [7, 11) is -2.44. The van der Waals surface area contributed by atoms with Gasteiger partial charge in [-0.1, -0.05) is 47.0 Å². The number of carbonyl (C=O) groups is 2. The summed E-state index contributed by atoms with van der Waals surface area (Å²) in [6.07, 6.45) is 1.46. The molecule has 1 amide bonds. The molecule has 9 nitrogen and oxygen atoms in total. The number of amides is 1. The van der Waals surface area contributed by atoms with Gasteiger partial charge in [-0.2, -0.15) is 4.31 Å². The smallest absolute Gasteiger partial charge is 0.340 e. The van der Waals surface area contributed by atoms with E-state index in [1.54, 1.807) is 68.4 Å². The lowest BCUT2D eigenvalue weighted by Crippen LogP contribution is -2.30. The average Bonchev–Trinajstić information content (AvgIpc) is 3.50. The minimum Gasteiger partial charge on any atom is -0.462 e. The third-order valence-corrected chi connectivity index (χ3v) is 9.36. The van der Waals surface area contributed by atoms with E-state index < -0.39 is 21.9 Å². The number of furan rings is 1. The summed E-state index contributed by atoms with van der Waals surface area (Å²) < 4.78 is 45.1. The van der Waals surface area contributed by atoms with E-state index in [2.05, 4.69) is 0 Å². The molecule has 2 heterocycles. The largest absolute Gasteiger partial charge is 0.462 e. The number of sulfonamides is 1. The van der Waals surface area contributed by atoms with Crippen LogP contribution < -0.4 is 0 Å². The van der Waals surface area contributed by atoms with Crippen molar-refractivity contribution in [2.45, 2.75) is 38.8 Å². The second-order valence-corrected chi connectivity index (χ2v) is 12.6. The second kappa shape index (κ2) is 13.9. The lowest BCUT2D eigenvalue weighted by atomic mass is 10.1. The topological polar surface area (TPSA) is 106 Å². The maximum absolute atomic E-state index is 13.8.